The number of halogens is 2. The Hall–Kier alpha value is -3.71. The summed E-state index contributed by atoms with van der Waals surface area (Å²) >= 11 is 0. The third-order valence-electron chi connectivity index (χ3n) is 10.2. The van der Waals surface area contributed by atoms with E-state index in [2.05, 4.69) is 29.6 Å². The lowest BCUT2D eigenvalue weighted by atomic mass is 9.88. The molecule has 0 spiro atoms. The number of hydrogen-bond donors (Lipinski definition) is 2. The topological polar surface area (TPSA) is 121 Å². The number of likely N-dealkylation sites (tertiary alicyclic amines) is 3. The van der Waals surface area contributed by atoms with Crippen LogP contribution in [0.2, 0.25) is 0 Å². The van der Waals surface area contributed by atoms with Gasteiger partial charge in [-0.2, -0.15) is 0 Å². The number of rotatable bonds is 4. The average Bonchev–Trinajstić information content (AvgIpc) is 3.70. The van der Waals surface area contributed by atoms with E-state index in [-0.39, 0.29) is 43.1 Å². The number of β-amino-alcohol motifs (C(OH)–C–C–N with tert-alkyl or cyclic N) is 1. The molecule has 0 radical (unpaired) electrons. The summed E-state index contributed by atoms with van der Waals surface area (Å²) in [7, 11) is 0. The normalized spacial score (nSPS) is 24.3. The number of aliphatic hydroxyl groups is 1. The zero-order chi connectivity index (χ0) is 40.2. The van der Waals surface area contributed by atoms with E-state index in [0.29, 0.717) is 26.1 Å². The van der Waals surface area contributed by atoms with Crippen LogP contribution in [0.5, 0.6) is 0 Å². The van der Waals surface area contributed by atoms with E-state index in [9.17, 15) is 28.3 Å². The van der Waals surface area contributed by atoms with Crippen molar-refractivity contribution in [3.05, 3.63) is 60.2 Å². The standard InChI is InChI=1S/C22H32N2O5.C14H24F2N2O2.C6H8/c1-22(2,3)29-21(27)24-14-18(25)13-19(24)17-9-11-23(12-10-17)20(26)28-15-16-7-5-4-6-8-16;1-13(2,3)20-12(19)18-9-14(15,16)8-11(18)10-4-6-17-7-5-10;1-2-4-6-5-3-1/h4-8,17-19,25H,9-15H2,1-3H3;10-11,17H,4-9H2,1-3H3;1-2,5-6H,3-4H2/t18-,19+;11-;/m10./s1. The first kappa shape index (κ1) is 44.0. The molecule has 6 rings (SSSR count). The summed E-state index contributed by atoms with van der Waals surface area (Å²) in [5, 5.41) is 13.4. The molecule has 4 heterocycles. The molecule has 308 valence electrons. The van der Waals surface area contributed by atoms with Gasteiger partial charge in [0.15, 0.2) is 0 Å². The number of carbonyl (C=O) groups excluding carboxylic acids is 3. The Morgan fingerprint density at radius 2 is 1.31 bits per heavy atom. The van der Waals surface area contributed by atoms with Crippen molar-refractivity contribution in [3.63, 3.8) is 0 Å². The van der Waals surface area contributed by atoms with Crippen molar-refractivity contribution in [2.75, 3.05) is 39.3 Å². The highest BCUT2D eigenvalue weighted by atomic mass is 19.3. The fraction of sp³-hybridized carbons (Fsp3) is 0.690. The van der Waals surface area contributed by atoms with Crippen LogP contribution in [-0.2, 0) is 20.8 Å². The molecule has 4 saturated heterocycles. The Kier molecular flexibility index (Phi) is 16.0. The van der Waals surface area contributed by atoms with Gasteiger partial charge in [0, 0.05) is 31.6 Å². The molecule has 4 fully saturated rings. The van der Waals surface area contributed by atoms with Crippen LogP contribution in [0, 0.1) is 11.8 Å². The SMILES string of the molecule is C1=CCC=CC1.CC(C)(C)OC(=O)N1CC(F)(F)C[C@H]1C1CCNCC1.CC(C)(C)OC(=O)N1C[C@H](O)C[C@H]1C1CCN(C(=O)OCc2ccccc2)CC1. The summed E-state index contributed by atoms with van der Waals surface area (Å²) in [6.07, 6.45) is 12.7. The Balaban J connectivity index is 0.000000222. The zero-order valence-electron chi connectivity index (χ0n) is 33.7. The molecule has 0 bridgehead atoms. The predicted octanol–water partition coefficient (Wildman–Crippen LogP) is 7.93. The van der Waals surface area contributed by atoms with Crippen molar-refractivity contribution in [1.82, 2.24) is 20.0 Å². The molecule has 13 heteroatoms. The smallest absolute Gasteiger partial charge is 0.410 e. The van der Waals surface area contributed by atoms with Gasteiger partial charge < -0.3 is 34.4 Å². The molecule has 11 nitrogen and oxygen atoms in total. The van der Waals surface area contributed by atoms with Gasteiger partial charge in [-0.1, -0.05) is 54.6 Å². The summed E-state index contributed by atoms with van der Waals surface area (Å²) in [6.45, 7) is 13.7. The van der Waals surface area contributed by atoms with E-state index in [1.165, 1.54) is 4.90 Å². The van der Waals surface area contributed by atoms with Crippen LogP contribution in [-0.4, -0.2) is 113 Å². The van der Waals surface area contributed by atoms with Gasteiger partial charge in [-0.05, 0) is 117 Å². The second kappa shape index (κ2) is 19.9. The molecule has 55 heavy (non-hydrogen) atoms. The molecule has 5 aliphatic rings. The third kappa shape index (κ3) is 14.7. The highest BCUT2D eigenvalue weighted by Gasteiger charge is 2.50. The quantitative estimate of drug-likeness (QED) is 0.234. The van der Waals surface area contributed by atoms with Gasteiger partial charge in [0.25, 0.3) is 5.92 Å². The molecule has 3 amide bonds. The summed E-state index contributed by atoms with van der Waals surface area (Å²) < 4.78 is 43.7. The monoisotopic (exact) mass is 774 g/mol. The number of amides is 3. The maximum absolute atomic E-state index is 13.7. The van der Waals surface area contributed by atoms with E-state index in [1.54, 1.807) is 30.6 Å². The molecule has 1 aromatic rings. The van der Waals surface area contributed by atoms with E-state index >= 15 is 0 Å². The van der Waals surface area contributed by atoms with E-state index in [0.717, 1.165) is 57.2 Å². The number of nitrogens with zero attached hydrogens (tertiary/aromatic N) is 3. The maximum Gasteiger partial charge on any atom is 0.410 e. The van der Waals surface area contributed by atoms with Gasteiger partial charge in [-0.25, -0.2) is 23.2 Å². The van der Waals surface area contributed by atoms with Crippen LogP contribution >= 0.6 is 0 Å². The highest BCUT2D eigenvalue weighted by molar-refractivity contribution is 5.70. The summed E-state index contributed by atoms with van der Waals surface area (Å²) in [5.74, 6) is -2.43. The van der Waals surface area contributed by atoms with Gasteiger partial charge in [0.05, 0.1) is 19.2 Å². The fourth-order valence-electron chi connectivity index (χ4n) is 7.66. The third-order valence-corrected chi connectivity index (χ3v) is 10.2. The molecule has 2 N–H and O–H groups in total. The van der Waals surface area contributed by atoms with E-state index in [1.807, 2.05) is 51.1 Å². The number of ether oxygens (including phenoxy) is 3. The first-order valence-electron chi connectivity index (χ1n) is 19.9. The highest BCUT2D eigenvalue weighted by Crippen LogP contribution is 2.39. The van der Waals surface area contributed by atoms with E-state index in [4.69, 9.17) is 14.2 Å². The van der Waals surface area contributed by atoms with Gasteiger partial charge in [-0.3, -0.25) is 4.90 Å². The van der Waals surface area contributed by atoms with Crippen LogP contribution in [0.25, 0.3) is 0 Å². The average molecular weight is 775 g/mol. The minimum absolute atomic E-state index is 0.0534. The number of hydrogen-bond acceptors (Lipinski definition) is 8. The number of aliphatic hydroxyl groups excluding tert-OH is 1. The van der Waals surface area contributed by atoms with Crippen LogP contribution in [0.3, 0.4) is 0 Å². The largest absolute Gasteiger partial charge is 0.445 e. The minimum Gasteiger partial charge on any atom is -0.445 e. The summed E-state index contributed by atoms with van der Waals surface area (Å²) in [5.41, 5.74) is -0.266. The number of nitrogens with one attached hydrogen (secondary N) is 1. The lowest BCUT2D eigenvalue weighted by Gasteiger charge is -2.37. The Labute approximate surface area is 326 Å². The van der Waals surface area contributed by atoms with Gasteiger partial charge in [0.2, 0.25) is 0 Å². The van der Waals surface area contributed by atoms with Crippen molar-refractivity contribution in [3.8, 4) is 0 Å². The molecule has 0 unspecified atom stereocenters. The molecular weight excluding hydrogens is 710 g/mol. The molecule has 0 saturated carbocycles. The lowest BCUT2D eigenvalue weighted by Crippen LogP contribution is -2.47. The number of alkyl halides is 2. The van der Waals surface area contributed by atoms with Gasteiger partial charge >= 0.3 is 18.3 Å². The fourth-order valence-corrected chi connectivity index (χ4v) is 7.66. The zero-order valence-corrected chi connectivity index (χ0v) is 33.7. The molecule has 1 aliphatic carbocycles. The van der Waals surface area contributed by atoms with Crippen molar-refractivity contribution in [1.29, 1.82) is 0 Å². The maximum atomic E-state index is 13.7. The molecule has 0 aromatic heterocycles. The van der Waals surface area contributed by atoms with Crippen molar-refractivity contribution in [2.45, 2.75) is 135 Å². The van der Waals surface area contributed by atoms with Crippen LogP contribution < -0.4 is 5.32 Å². The van der Waals surface area contributed by atoms with Crippen LogP contribution in [0.15, 0.2) is 54.6 Å². The van der Waals surface area contributed by atoms with Crippen LogP contribution in [0.4, 0.5) is 23.2 Å². The lowest BCUT2D eigenvalue weighted by molar-refractivity contribution is -0.00304. The second-order valence-corrected chi connectivity index (χ2v) is 17.2. The van der Waals surface area contributed by atoms with E-state index < -0.39 is 41.9 Å². The summed E-state index contributed by atoms with van der Waals surface area (Å²) in [4.78, 5) is 41.7. The first-order valence-corrected chi connectivity index (χ1v) is 19.9. The second-order valence-electron chi connectivity index (χ2n) is 17.2. The number of allylic oxidation sites excluding steroid dienone is 4. The Morgan fingerprint density at radius 1 is 0.782 bits per heavy atom. The number of carbonyl (C=O) groups is 3. The first-order chi connectivity index (χ1) is 25.9. The molecule has 1 aromatic carbocycles. The van der Waals surface area contributed by atoms with Crippen molar-refractivity contribution < 1.29 is 42.5 Å². The predicted molar refractivity (Wildman–Crippen MR) is 208 cm³/mol. The number of benzene rings is 1. The van der Waals surface area contributed by atoms with Crippen LogP contribution in [0.1, 0.15) is 98.5 Å². The van der Waals surface area contributed by atoms with Gasteiger partial charge in [0.1, 0.15) is 17.8 Å². The van der Waals surface area contributed by atoms with Crippen molar-refractivity contribution in [2.24, 2.45) is 11.8 Å². The molecule has 3 atom stereocenters. The number of piperidine rings is 2. The Morgan fingerprint density at radius 3 is 1.84 bits per heavy atom. The molecule has 4 aliphatic heterocycles. The molecular formula is C42H64F2N4O7. The summed E-state index contributed by atoms with van der Waals surface area (Å²) in [6, 6.07) is 9.16. The Bertz CT molecular complexity index is 1410. The van der Waals surface area contributed by atoms with Gasteiger partial charge in [-0.15, -0.1) is 0 Å². The minimum atomic E-state index is -2.80. The van der Waals surface area contributed by atoms with Crippen molar-refractivity contribution >= 4 is 18.3 Å².